The maximum absolute atomic E-state index is 12.3. The van der Waals surface area contributed by atoms with Crippen molar-refractivity contribution in [2.45, 2.75) is 0 Å². The number of fused-ring (bicyclic) bond motifs is 1. The Bertz CT molecular complexity index is 976. The maximum Gasteiger partial charge on any atom is 0.255 e. The van der Waals surface area contributed by atoms with Crippen LogP contribution in [0.1, 0.15) is 10.4 Å². The van der Waals surface area contributed by atoms with E-state index in [0.29, 0.717) is 5.56 Å². The second-order valence-electron chi connectivity index (χ2n) is 7.76. The van der Waals surface area contributed by atoms with Gasteiger partial charge in [0.2, 0.25) is 0 Å². The molecule has 2 atom stereocenters. The Kier molecular flexibility index (Phi) is 4.69. The molecule has 2 fully saturated rings. The number of anilines is 2. The molecule has 0 saturated carbocycles. The van der Waals surface area contributed by atoms with Crippen molar-refractivity contribution in [3.05, 3.63) is 72.3 Å². The first-order valence-electron chi connectivity index (χ1n) is 10.0. The van der Waals surface area contributed by atoms with Crippen molar-refractivity contribution in [2.24, 2.45) is 11.8 Å². The average Bonchev–Trinajstić information content (AvgIpc) is 3.38. The van der Waals surface area contributed by atoms with E-state index in [2.05, 4.69) is 31.8 Å². The van der Waals surface area contributed by atoms with Gasteiger partial charge in [0.25, 0.3) is 5.91 Å². The molecular weight excluding hydrogens is 362 g/mol. The molecule has 29 heavy (non-hydrogen) atoms. The van der Waals surface area contributed by atoms with Gasteiger partial charge in [0.15, 0.2) is 5.82 Å². The number of aromatic nitrogens is 2. The van der Waals surface area contributed by atoms with Crippen LogP contribution in [0.15, 0.2) is 66.7 Å². The summed E-state index contributed by atoms with van der Waals surface area (Å²) in [6, 6.07) is 21.0. The molecule has 2 N–H and O–H groups in total. The fourth-order valence-electron chi connectivity index (χ4n) is 4.21. The molecular formula is C23H23N5O. The summed E-state index contributed by atoms with van der Waals surface area (Å²) >= 11 is 0. The van der Waals surface area contributed by atoms with E-state index in [1.54, 1.807) is 12.1 Å². The van der Waals surface area contributed by atoms with Crippen molar-refractivity contribution in [1.29, 1.82) is 0 Å². The number of benzene rings is 2. The third kappa shape index (κ3) is 3.71. The van der Waals surface area contributed by atoms with E-state index in [4.69, 9.17) is 0 Å². The zero-order valence-electron chi connectivity index (χ0n) is 16.1. The van der Waals surface area contributed by atoms with Crippen molar-refractivity contribution in [3.63, 3.8) is 0 Å². The minimum Gasteiger partial charge on any atom is -0.354 e. The van der Waals surface area contributed by atoms with Gasteiger partial charge < -0.3 is 15.5 Å². The van der Waals surface area contributed by atoms with Gasteiger partial charge in [-0.2, -0.15) is 0 Å². The molecule has 2 aliphatic heterocycles. The smallest absolute Gasteiger partial charge is 0.255 e. The SMILES string of the molecule is O=C(Nc1ccc(-c2ccc(N3CC4CNCC4C3)nn2)cc1)c1ccccc1. The van der Waals surface area contributed by atoms with Gasteiger partial charge in [-0.1, -0.05) is 30.3 Å². The molecule has 0 bridgehead atoms. The minimum absolute atomic E-state index is 0.118. The number of hydrogen-bond donors (Lipinski definition) is 2. The molecule has 2 unspecified atom stereocenters. The monoisotopic (exact) mass is 385 g/mol. The highest BCUT2D eigenvalue weighted by molar-refractivity contribution is 6.04. The Morgan fingerprint density at radius 3 is 2.28 bits per heavy atom. The van der Waals surface area contributed by atoms with Crippen LogP contribution in [0.3, 0.4) is 0 Å². The normalized spacial score (nSPS) is 20.5. The van der Waals surface area contributed by atoms with Crippen molar-refractivity contribution in [3.8, 4) is 11.3 Å². The van der Waals surface area contributed by atoms with Crippen molar-refractivity contribution >= 4 is 17.4 Å². The van der Waals surface area contributed by atoms with Crippen molar-refractivity contribution in [1.82, 2.24) is 15.5 Å². The molecule has 2 saturated heterocycles. The van der Waals surface area contributed by atoms with Crippen LogP contribution < -0.4 is 15.5 Å². The van der Waals surface area contributed by atoms with E-state index in [0.717, 1.165) is 60.8 Å². The first-order chi connectivity index (χ1) is 14.3. The van der Waals surface area contributed by atoms with Crippen LogP contribution in [0, 0.1) is 11.8 Å². The Balaban J connectivity index is 1.25. The predicted octanol–water partition coefficient (Wildman–Crippen LogP) is 3.05. The first kappa shape index (κ1) is 17.8. The van der Waals surface area contributed by atoms with Gasteiger partial charge in [0, 0.05) is 43.0 Å². The number of carbonyl (C=O) groups excluding carboxylic acids is 1. The first-order valence-corrected chi connectivity index (χ1v) is 10.0. The predicted molar refractivity (Wildman–Crippen MR) is 114 cm³/mol. The maximum atomic E-state index is 12.3. The van der Waals surface area contributed by atoms with Crippen LogP contribution >= 0.6 is 0 Å². The Morgan fingerprint density at radius 1 is 0.897 bits per heavy atom. The van der Waals surface area contributed by atoms with Crippen LogP contribution in [-0.2, 0) is 0 Å². The van der Waals surface area contributed by atoms with Gasteiger partial charge in [0.05, 0.1) is 5.69 Å². The molecule has 3 aromatic rings. The molecule has 2 aromatic carbocycles. The Morgan fingerprint density at radius 2 is 1.62 bits per heavy atom. The fourth-order valence-corrected chi connectivity index (χ4v) is 4.21. The minimum atomic E-state index is -0.118. The van der Waals surface area contributed by atoms with Crippen LogP contribution in [-0.4, -0.2) is 42.3 Å². The number of amides is 1. The summed E-state index contributed by atoms with van der Waals surface area (Å²) in [6.45, 7) is 4.34. The summed E-state index contributed by atoms with van der Waals surface area (Å²) in [5, 5.41) is 15.3. The van der Waals surface area contributed by atoms with Gasteiger partial charge in [-0.15, -0.1) is 10.2 Å². The molecule has 146 valence electrons. The molecule has 0 radical (unpaired) electrons. The second kappa shape index (κ2) is 7.64. The molecule has 3 heterocycles. The summed E-state index contributed by atoms with van der Waals surface area (Å²) in [5.41, 5.74) is 3.20. The third-order valence-electron chi connectivity index (χ3n) is 5.84. The average molecular weight is 385 g/mol. The van der Waals surface area contributed by atoms with Crippen LogP contribution in [0.25, 0.3) is 11.3 Å². The summed E-state index contributed by atoms with van der Waals surface area (Å²) in [5.74, 6) is 2.30. The quantitative estimate of drug-likeness (QED) is 0.722. The van der Waals surface area contributed by atoms with Gasteiger partial charge in [0.1, 0.15) is 0 Å². The topological polar surface area (TPSA) is 70.2 Å². The number of hydrogen-bond acceptors (Lipinski definition) is 5. The second-order valence-corrected chi connectivity index (χ2v) is 7.76. The lowest BCUT2D eigenvalue weighted by atomic mass is 10.0. The Labute approximate surface area is 170 Å². The van der Waals surface area contributed by atoms with Crippen LogP contribution in [0.2, 0.25) is 0 Å². The zero-order chi connectivity index (χ0) is 19.6. The molecule has 6 heteroatoms. The highest BCUT2D eigenvalue weighted by Gasteiger charge is 2.36. The molecule has 1 amide bonds. The van der Waals surface area contributed by atoms with Gasteiger partial charge in [-0.05, 0) is 48.2 Å². The van der Waals surface area contributed by atoms with Crippen LogP contribution in [0.4, 0.5) is 11.5 Å². The number of carbonyl (C=O) groups is 1. The third-order valence-corrected chi connectivity index (χ3v) is 5.84. The summed E-state index contributed by atoms with van der Waals surface area (Å²) in [7, 11) is 0. The van der Waals surface area contributed by atoms with Crippen molar-refractivity contribution < 1.29 is 4.79 Å². The largest absolute Gasteiger partial charge is 0.354 e. The zero-order valence-corrected chi connectivity index (χ0v) is 16.1. The summed E-state index contributed by atoms with van der Waals surface area (Å²) < 4.78 is 0. The molecule has 2 aliphatic rings. The lowest BCUT2D eigenvalue weighted by Gasteiger charge is -2.17. The van der Waals surface area contributed by atoms with E-state index in [9.17, 15) is 4.79 Å². The van der Waals surface area contributed by atoms with Crippen molar-refractivity contribution in [2.75, 3.05) is 36.4 Å². The van der Waals surface area contributed by atoms with Gasteiger partial charge in [-0.3, -0.25) is 4.79 Å². The van der Waals surface area contributed by atoms with Gasteiger partial charge in [-0.25, -0.2) is 0 Å². The lowest BCUT2D eigenvalue weighted by molar-refractivity contribution is 0.102. The summed E-state index contributed by atoms with van der Waals surface area (Å²) in [6.07, 6.45) is 0. The molecule has 0 aliphatic carbocycles. The molecule has 5 rings (SSSR count). The molecule has 1 aromatic heterocycles. The Hall–Kier alpha value is -3.25. The molecule has 6 nitrogen and oxygen atoms in total. The van der Waals surface area contributed by atoms with E-state index in [1.165, 1.54) is 0 Å². The number of rotatable bonds is 4. The highest BCUT2D eigenvalue weighted by atomic mass is 16.1. The van der Waals surface area contributed by atoms with E-state index < -0.39 is 0 Å². The molecule has 0 spiro atoms. The van der Waals surface area contributed by atoms with Crippen LogP contribution in [0.5, 0.6) is 0 Å². The van der Waals surface area contributed by atoms with E-state index in [1.807, 2.05) is 48.5 Å². The lowest BCUT2D eigenvalue weighted by Crippen LogP contribution is -2.26. The van der Waals surface area contributed by atoms with Gasteiger partial charge >= 0.3 is 0 Å². The summed E-state index contributed by atoms with van der Waals surface area (Å²) in [4.78, 5) is 14.6. The van der Waals surface area contributed by atoms with E-state index >= 15 is 0 Å². The fraction of sp³-hybridized carbons (Fsp3) is 0.261. The number of nitrogens with zero attached hydrogens (tertiary/aromatic N) is 3. The van der Waals surface area contributed by atoms with E-state index in [-0.39, 0.29) is 5.91 Å². The standard InChI is InChI=1S/C23H23N5O/c29-23(17-4-2-1-3-5-17)25-20-8-6-16(7-9-20)21-10-11-22(27-26-21)28-14-18-12-24-13-19(18)15-28/h1-11,18-19,24H,12-15H2,(H,25,29). The number of nitrogens with one attached hydrogen (secondary N) is 2. The highest BCUT2D eigenvalue weighted by Crippen LogP contribution is 2.30.